The Morgan fingerprint density at radius 3 is 2.07 bits per heavy atom. The van der Waals surface area contributed by atoms with E-state index >= 15 is 0 Å². The molecule has 5 heteroatoms. The van der Waals surface area contributed by atoms with Crippen molar-refractivity contribution in [3.63, 3.8) is 0 Å². The van der Waals surface area contributed by atoms with E-state index in [-0.39, 0.29) is 22.9 Å². The first kappa shape index (κ1) is 14.4. The number of alkyl halides is 4. The van der Waals surface area contributed by atoms with Crippen molar-refractivity contribution in [1.82, 2.24) is 0 Å². The largest absolute Gasteiger partial charge is 0.441 e. The molecule has 86 valence electrons. The maximum atomic E-state index is 11.9. The molecule has 0 aromatic rings. The van der Waals surface area contributed by atoms with Gasteiger partial charge in [0.25, 0.3) is 0 Å². The molecular formula is C9H16ClF3S. The van der Waals surface area contributed by atoms with Crippen LogP contribution in [0.25, 0.3) is 0 Å². The van der Waals surface area contributed by atoms with Gasteiger partial charge in [0.1, 0.15) is 0 Å². The van der Waals surface area contributed by atoms with E-state index in [0.29, 0.717) is 18.2 Å². The Balaban J connectivity index is 3.97. The molecule has 0 aliphatic rings. The van der Waals surface area contributed by atoms with Crippen molar-refractivity contribution in [3.8, 4) is 0 Å². The van der Waals surface area contributed by atoms with Crippen LogP contribution in [0.2, 0.25) is 0 Å². The van der Waals surface area contributed by atoms with Crippen LogP contribution in [-0.4, -0.2) is 17.1 Å². The standard InChI is InChI=1S/C9H16ClF3S/c1-7(2)8(3,6-10)4-5-14-9(11,12)13/h7H,4-6H2,1-3H3. The summed E-state index contributed by atoms with van der Waals surface area (Å²) in [4.78, 5) is 0. The molecule has 0 fully saturated rings. The van der Waals surface area contributed by atoms with Crippen molar-refractivity contribution in [3.05, 3.63) is 0 Å². The fourth-order valence-electron chi connectivity index (χ4n) is 0.910. The number of thioether (sulfide) groups is 1. The van der Waals surface area contributed by atoms with E-state index in [2.05, 4.69) is 0 Å². The van der Waals surface area contributed by atoms with Crippen molar-refractivity contribution in [2.24, 2.45) is 11.3 Å². The summed E-state index contributed by atoms with van der Waals surface area (Å²) in [5, 5.41) is 0. The monoisotopic (exact) mass is 248 g/mol. The van der Waals surface area contributed by atoms with E-state index in [1.165, 1.54) is 0 Å². The Kier molecular flexibility index (Phi) is 5.67. The van der Waals surface area contributed by atoms with E-state index < -0.39 is 5.51 Å². The van der Waals surface area contributed by atoms with Crippen LogP contribution in [0.15, 0.2) is 0 Å². The van der Waals surface area contributed by atoms with Gasteiger partial charge in [0.2, 0.25) is 0 Å². The van der Waals surface area contributed by atoms with Gasteiger partial charge in [-0.25, -0.2) is 0 Å². The highest BCUT2D eigenvalue weighted by molar-refractivity contribution is 8.00. The zero-order valence-electron chi connectivity index (χ0n) is 8.62. The molecule has 0 heterocycles. The second kappa shape index (κ2) is 5.50. The van der Waals surface area contributed by atoms with Gasteiger partial charge < -0.3 is 0 Å². The highest BCUT2D eigenvalue weighted by Gasteiger charge is 2.32. The summed E-state index contributed by atoms with van der Waals surface area (Å²) >= 11 is 5.80. The molecule has 0 aliphatic carbocycles. The molecule has 0 N–H and O–H groups in total. The van der Waals surface area contributed by atoms with Crippen molar-refractivity contribution >= 4 is 23.4 Å². The fraction of sp³-hybridized carbons (Fsp3) is 1.00. The van der Waals surface area contributed by atoms with Gasteiger partial charge in [-0.3, -0.25) is 0 Å². The highest BCUT2D eigenvalue weighted by Crippen LogP contribution is 2.37. The van der Waals surface area contributed by atoms with Gasteiger partial charge >= 0.3 is 5.51 Å². The van der Waals surface area contributed by atoms with E-state index in [0.717, 1.165) is 0 Å². The zero-order valence-corrected chi connectivity index (χ0v) is 10.2. The van der Waals surface area contributed by atoms with Gasteiger partial charge in [-0.2, -0.15) is 13.2 Å². The van der Waals surface area contributed by atoms with Crippen molar-refractivity contribution in [1.29, 1.82) is 0 Å². The Morgan fingerprint density at radius 1 is 1.29 bits per heavy atom. The molecule has 0 aliphatic heterocycles. The fourth-order valence-corrected chi connectivity index (χ4v) is 2.15. The summed E-state index contributed by atoms with van der Waals surface area (Å²) in [6.07, 6.45) is 0.498. The Hall–Kier alpha value is 0.430. The lowest BCUT2D eigenvalue weighted by atomic mass is 9.79. The lowest BCUT2D eigenvalue weighted by Gasteiger charge is -2.31. The minimum atomic E-state index is -4.12. The molecule has 0 nitrogen and oxygen atoms in total. The molecule has 0 saturated carbocycles. The van der Waals surface area contributed by atoms with Gasteiger partial charge in [-0.05, 0) is 17.8 Å². The van der Waals surface area contributed by atoms with E-state index in [1.54, 1.807) is 0 Å². The summed E-state index contributed by atoms with van der Waals surface area (Å²) in [5.41, 5.74) is -4.32. The molecule has 1 atom stereocenters. The second-order valence-electron chi connectivity index (χ2n) is 3.99. The lowest BCUT2D eigenvalue weighted by Crippen LogP contribution is -2.26. The predicted molar refractivity (Wildman–Crippen MR) is 56.8 cm³/mol. The highest BCUT2D eigenvalue weighted by atomic mass is 35.5. The van der Waals surface area contributed by atoms with Crippen molar-refractivity contribution < 1.29 is 13.2 Å². The molecule has 0 bridgehead atoms. The minimum Gasteiger partial charge on any atom is -0.160 e. The summed E-state index contributed by atoms with van der Waals surface area (Å²) in [6.45, 7) is 5.91. The van der Waals surface area contributed by atoms with Gasteiger partial charge in [0.15, 0.2) is 0 Å². The molecule has 0 saturated heterocycles. The molecule has 0 aromatic heterocycles. The van der Waals surface area contributed by atoms with Gasteiger partial charge in [-0.15, -0.1) is 11.6 Å². The normalized spacial score (nSPS) is 17.1. The minimum absolute atomic E-state index is 0.0346. The number of halogens is 4. The molecule has 1 unspecified atom stereocenters. The van der Waals surface area contributed by atoms with Gasteiger partial charge in [0.05, 0.1) is 0 Å². The number of rotatable bonds is 5. The molecule has 0 rings (SSSR count). The third kappa shape index (κ3) is 5.35. The third-order valence-electron chi connectivity index (χ3n) is 2.64. The van der Waals surface area contributed by atoms with E-state index in [4.69, 9.17) is 11.6 Å². The average molecular weight is 249 g/mol. The second-order valence-corrected chi connectivity index (χ2v) is 5.41. The quantitative estimate of drug-likeness (QED) is 0.644. The molecule has 0 spiro atoms. The molecular weight excluding hydrogens is 233 g/mol. The van der Waals surface area contributed by atoms with Crippen molar-refractivity contribution in [2.75, 3.05) is 11.6 Å². The lowest BCUT2D eigenvalue weighted by molar-refractivity contribution is -0.0329. The maximum absolute atomic E-state index is 11.9. The molecule has 0 amide bonds. The summed E-state index contributed by atoms with van der Waals surface area (Å²) < 4.78 is 35.6. The van der Waals surface area contributed by atoms with Crippen LogP contribution >= 0.6 is 23.4 Å². The van der Waals surface area contributed by atoms with E-state index in [1.807, 2.05) is 20.8 Å². The van der Waals surface area contributed by atoms with Crippen LogP contribution in [-0.2, 0) is 0 Å². The zero-order chi connectivity index (χ0) is 11.4. The first-order valence-electron chi connectivity index (χ1n) is 4.48. The number of hydrogen-bond acceptors (Lipinski definition) is 1. The topological polar surface area (TPSA) is 0 Å². The van der Waals surface area contributed by atoms with Crippen LogP contribution in [0.5, 0.6) is 0 Å². The van der Waals surface area contributed by atoms with Gasteiger partial charge in [0, 0.05) is 11.6 Å². The third-order valence-corrected chi connectivity index (χ3v) is 3.98. The molecule has 14 heavy (non-hydrogen) atoms. The molecule has 0 radical (unpaired) electrons. The van der Waals surface area contributed by atoms with Crippen LogP contribution in [0.4, 0.5) is 13.2 Å². The Bertz CT molecular complexity index is 170. The average Bonchev–Trinajstić information content (AvgIpc) is 2.01. The summed E-state index contributed by atoms with van der Waals surface area (Å²) in [7, 11) is 0. The van der Waals surface area contributed by atoms with E-state index in [9.17, 15) is 13.2 Å². The first-order chi connectivity index (χ1) is 6.21. The smallest absolute Gasteiger partial charge is 0.160 e. The van der Waals surface area contributed by atoms with Crippen LogP contribution in [0, 0.1) is 11.3 Å². The summed E-state index contributed by atoms with van der Waals surface area (Å²) in [6, 6.07) is 0. The predicted octanol–water partition coefficient (Wildman–Crippen LogP) is 4.53. The van der Waals surface area contributed by atoms with Crippen molar-refractivity contribution in [2.45, 2.75) is 32.7 Å². The maximum Gasteiger partial charge on any atom is 0.441 e. The number of hydrogen-bond donors (Lipinski definition) is 0. The van der Waals surface area contributed by atoms with Crippen LogP contribution in [0.1, 0.15) is 27.2 Å². The Morgan fingerprint density at radius 2 is 1.79 bits per heavy atom. The van der Waals surface area contributed by atoms with Crippen LogP contribution < -0.4 is 0 Å². The SMILES string of the molecule is CC(C)C(C)(CCl)CCSC(F)(F)F. The van der Waals surface area contributed by atoms with Gasteiger partial charge in [-0.1, -0.05) is 32.5 Å². The van der Waals surface area contributed by atoms with Crippen LogP contribution in [0.3, 0.4) is 0 Å². The Labute approximate surface area is 92.6 Å². The molecule has 0 aromatic carbocycles. The summed E-state index contributed by atoms with van der Waals surface area (Å²) in [5.74, 6) is 0.794. The first-order valence-corrected chi connectivity index (χ1v) is 6.00.